The molecule has 1 saturated heterocycles. The monoisotopic (exact) mass is 405 g/mol. The van der Waals surface area contributed by atoms with Crippen LogP contribution in [0.25, 0.3) is 0 Å². The van der Waals surface area contributed by atoms with E-state index in [1.807, 2.05) is 7.05 Å². The summed E-state index contributed by atoms with van der Waals surface area (Å²) in [5, 5.41) is 16.3. The van der Waals surface area contributed by atoms with Crippen molar-refractivity contribution >= 4 is 11.4 Å². The summed E-state index contributed by atoms with van der Waals surface area (Å²) in [5.41, 5.74) is 0.745. The van der Waals surface area contributed by atoms with E-state index >= 15 is 0 Å². The van der Waals surface area contributed by atoms with Gasteiger partial charge in [0, 0.05) is 30.4 Å². The van der Waals surface area contributed by atoms with E-state index < -0.39 is 17.9 Å². The first-order chi connectivity index (χ1) is 14.0. The number of likely N-dealkylation sites (N-methyl/N-ethyl adjacent to an activating group) is 1. The largest absolute Gasteiger partial charge is 0.494 e. The molecule has 2 aromatic rings. The number of rotatable bonds is 9. The van der Waals surface area contributed by atoms with Crippen LogP contribution in [0.1, 0.15) is 38.0 Å². The van der Waals surface area contributed by atoms with Crippen molar-refractivity contribution in [1.82, 2.24) is 5.32 Å². The second-order valence-electron chi connectivity index (χ2n) is 7.33. The van der Waals surface area contributed by atoms with Gasteiger partial charge in [-0.15, -0.1) is 0 Å². The van der Waals surface area contributed by atoms with Crippen molar-refractivity contribution in [1.29, 1.82) is 0 Å². The van der Waals surface area contributed by atoms with Crippen molar-refractivity contribution < 1.29 is 18.6 Å². The molecule has 2 atom stereocenters. The van der Waals surface area contributed by atoms with Gasteiger partial charge in [0.2, 0.25) is 0 Å². The van der Waals surface area contributed by atoms with E-state index in [9.17, 15) is 13.9 Å². The number of nitrogens with zero attached hydrogens (tertiary/aromatic N) is 1. The van der Waals surface area contributed by atoms with Gasteiger partial charge in [-0.25, -0.2) is 8.78 Å². The fourth-order valence-corrected chi connectivity index (χ4v) is 3.47. The summed E-state index contributed by atoms with van der Waals surface area (Å²) in [4.78, 5) is 1.71. The third kappa shape index (κ3) is 5.36. The number of aliphatic hydroxyl groups is 1. The smallest absolute Gasteiger partial charge is 0.151 e. The highest BCUT2D eigenvalue weighted by Crippen LogP contribution is 2.31. The maximum atomic E-state index is 14.6. The lowest BCUT2D eigenvalue weighted by Gasteiger charge is -2.22. The number of anilines is 2. The SMILES string of the molecule is CCCCOc1ccc(C(O)Nc2cc(F)c(N3CCC(NC)C3)c(F)c2)cc1. The Labute approximate surface area is 170 Å². The van der Waals surface area contributed by atoms with Gasteiger partial charge in [0.15, 0.2) is 17.9 Å². The lowest BCUT2D eigenvalue weighted by molar-refractivity contribution is 0.208. The topological polar surface area (TPSA) is 56.8 Å². The van der Waals surface area contributed by atoms with Crippen molar-refractivity contribution in [3.8, 4) is 5.75 Å². The first kappa shape index (κ1) is 21.3. The lowest BCUT2D eigenvalue weighted by Crippen LogP contribution is -2.30. The fraction of sp³-hybridized carbons (Fsp3) is 0.455. The fourth-order valence-electron chi connectivity index (χ4n) is 3.47. The Hall–Kier alpha value is -2.38. The van der Waals surface area contributed by atoms with E-state index in [0.29, 0.717) is 25.3 Å². The molecular formula is C22H29F2N3O2. The summed E-state index contributed by atoms with van der Waals surface area (Å²) in [5.74, 6) is -0.562. The average Bonchev–Trinajstić information content (AvgIpc) is 3.17. The predicted molar refractivity (Wildman–Crippen MR) is 111 cm³/mol. The normalized spacial score (nSPS) is 17.4. The van der Waals surface area contributed by atoms with Crippen LogP contribution in [-0.2, 0) is 0 Å². The van der Waals surface area contributed by atoms with Crippen LogP contribution in [0.2, 0.25) is 0 Å². The highest BCUT2D eigenvalue weighted by Gasteiger charge is 2.26. The molecule has 0 aliphatic carbocycles. The average molecular weight is 405 g/mol. The second kappa shape index (κ2) is 9.89. The Morgan fingerprint density at radius 3 is 2.48 bits per heavy atom. The molecule has 2 aromatic carbocycles. The summed E-state index contributed by atoms with van der Waals surface area (Å²) in [7, 11) is 1.85. The first-order valence-electron chi connectivity index (χ1n) is 10.1. The van der Waals surface area contributed by atoms with Gasteiger partial charge in [0.1, 0.15) is 11.4 Å². The minimum atomic E-state index is -1.09. The van der Waals surface area contributed by atoms with E-state index in [0.717, 1.165) is 25.0 Å². The molecule has 3 rings (SSSR count). The Morgan fingerprint density at radius 2 is 1.90 bits per heavy atom. The van der Waals surface area contributed by atoms with Crippen molar-refractivity contribution in [3.05, 3.63) is 53.6 Å². The molecule has 7 heteroatoms. The Bertz CT molecular complexity index is 778. The Morgan fingerprint density at radius 1 is 1.21 bits per heavy atom. The van der Waals surface area contributed by atoms with Crippen LogP contribution in [-0.4, -0.2) is 37.9 Å². The van der Waals surface area contributed by atoms with E-state index in [4.69, 9.17) is 4.74 Å². The summed E-state index contributed by atoms with van der Waals surface area (Å²) in [6, 6.07) is 9.65. The molecule has 29 heavy (non-hydrogen) atoms. The van der Waals surface area contributed by atoms with Crippen LogP contribution < -0.4 is 20.3 Å². The van der Waals surface area contributed by atoms with Gasteiger partial charge in [0.25, 0.3) is 0 Å². The van der Waals surface area contributed by atoms with E-state index in [2.05, 4.69) is 17.6 Å². The minimum Gasteiger partial charge on any atom is -0.494 e. The van der Waals surface area contributed by atoms with E-state index in [1.165, 1.54) is 12.1 Å². The zero-order chi connectivity index (χ0) is 20.8. The van der Waals surface area contributed by atoms with Crippen LogP contribution in [0.4, 0.5) is 20.2 Å². The van der Waals surface area contributed by atoms with Crippen LogP contribution in [0, 0.1) is 11.6 Å². The zero-order valence-electron chi connectivity index (χ0n) is 16.9. The number of benzene rings is 2. The summed E-state index contributed by atoms with van der Waals surface area (Å²) in [6.07, 6.45) is 1.78. The maximum Gasteiger partial charge on any atom is 0.151 e. The quantitative estimate of drug-likeness (QED) is 0.434. The number of aliphatic hydroxyl groups excluding tert-OH is 1. The number of halogens is 2. The van der Waals surface area contributed by atoms with Gasteiger partial charge in [-0.2, -0.15) is 0 Å². The predicted octanol–water partition coefficient (Wildman–Crippen LogP) is 4.04. The number of unbranched alkanes of at least 4 members (excludes halogenated alkanes) is 1. The molecule has 3 N–H and O–H groups in total. The van der Waals surface area contributed by atoms with Gasteiger partial charge in [-0.05, 0) is 44.2 Å². The molecule has 0 radical (unpaired) electrons. The van der Waals surface area contributed by atoms with Crippen molar-refractivity contribution in [3.63, 3.8) is 0 Å². The van der Waals surface area contributed by atoms with Gasteiger partial charge in [-0.3, -0.25) is 0 Å². The molecule has 0 saturated carbocycles. The minimum absolute atomic E-state index is 0.0172. The molecule has 1 heterocycles. The number of ether oxygens (including phenoxy) is 1. The molecule has 0 spiro atoms. The standard InChI is InChI=1S/C22H29F2N3O2/c1-3-4-11-29-18-7-5-15(6-8-18)22(28)26-17-12-19(23)21(20(24)13-17)27-10-9-16(14-27)25-2/h5-8,12-13,16,22,25-26,28H,3-4,9-11,14H2,1-2H3. The molecule has 0 aromatic heterocycles. The highest BCUT2D eigenvalue weighted by atomic mass is 19.1. The van der Waals surface area contributed by atoms with Gasteiger partial charge in [-0.1, -0.05) is 25.5 Å². The van der Waals surface area contributed by atoms with Crippen molar-refractivity contribution in [2.24, 2.45) is 0 Å². The molecule has 1 aliphatic heterocycles. The van der Waals surface area contributed by atoms with Crippen LogP contribution >= 0.6 is 0 Å². The first-order valence-corrected chi connectivity index (χ1v) is 10.1. The molecule has 0 amide bonds. The van der Waals surface area contributed by atoms with Gasteiger partial charge >= 0.3 is 0 Å². The maximum absolute atomic E-state index is 14.6. The lowest BCUT2D eigenvalue weighted by atomic mass is 10.1. The third-order valence-electron chi connectivity index (χ3n) is 5.20. The van der Waals surface area contributed by atoms with Crippen molar-refractivity contribution in [2.75, 3.05) is 37.0 Å². The molecular weight excluding hydrogens is 376 g/mol. The Balaban J connectivity index is 1.65. The summed E-state index contributed by atoms with van der Waals surface area (Å²) in [6.45, 7) is 3.90. The third-order valence-corrected chi connectivity index (χ3v) is 5.20. The number of hydrogen-bond donors (Lipinski definition) is 3. The number of hydrogen-bond acceptors (Lipinski definition) is 5. The molecule has 1 aliphatic rings. The molecule has 1 fully saturated rings. The summed E-state index contributed by atoms with van der Waals surface area (Å²) < 4.78 is 34.8. The molecule has 0 bridgehead atoms. The summed E-state index contributed by atoms with van der Waals surface area (Å²) >= 11 is 0. The molecule has 2 unspecified atom stereocenters. The number of nitrogens with one attached hydrogen (secondary N) is 2. The molecule has 5 nitrogen and oxygen atoms in total. The van der Waals surface area contributed by atoms with Crippen LogP contribution in [0.3, 0.4) is 0 Å². The second-order valence-corrected chi connectivity index (χ2v) is 7.33. The molecule has 158 valence electrons. The Kier molecular flexibility index (Phi) is 7.28. The van der Waals surface area contributed by atoms with E-state index in [1.54, 1.807) is 29.2 Å². The van der Waals surface area contributed by atoms with Crippen LogP contribution in [0.15, 0.2) is 36.4 Å². The highest BCUT2D eigenvalue weighted by molar-refractivity contribution is 5.58. The van der Waals surface area contributed by atoms with Crippen LogP contribution in [0.5, 0.6) is 5.75 Å². The van der Waals surface area contributed by atoms with Crippen molar-refractivity contribution in [2.45, 2.75) is 38.5 Å². The van der Waals surface area contributed by atoms with E-state index in [-0.39, 0.29) is 17.4 Å². The zero-order valence-corrected chi connectivity index (χ0v) is 16.9. The van der Waals surface area contributed by atoms with Gasteiger partial charge in [0.05, 0.1) is 6.61 Å². The van der Waals surface area contributed by atoms with Gasteiger partial charge < -0.3 is 25.4 Å².